The van der Waals surface area contributed by atoms with E-state index in [1.807, 2.05) is 0 Å². The van der Waals surface area contributed by atoms with Gasteiger partial charge in [0.05, 0.1) is 0 Å². The summed E-state index contributed by atoms with van der Waals surface area (Å²) < 4.78 is 0. The summed E-state index contributed by atoms with van der Waals surface area (Å²) in [4.78, 5) is 0. The molecule has 4 N–H and O–H groups in total. The van der Waals surface area contributed by atoms with Gasteiger partial charge in [0.25, 0.3) is 0 Å². The first kappa shape index (κ1) is 18.1. The number of rotatable bonds is 11. The fourth-order valence-corrected chi connectivity index (χ4v) is 2.60. The summed E-state index contributed by atoms with van der Waals surface area (Å²) >= 11 is 0. The lowest BCUT2D eigenvalue weighted by Crippen LogP contribution is -2.46. The van der Waals surface area contributed by atoms with Gasteiger partial charge >= 0.3 is 0 Å². The third-order valence-electron chi connectivity index (χ3n) is 3.70. The molecule has 1 aromatic rings. The molecule has 0 aliphatic heterocycles. The van der Waals surface area contributed by atoms with Crippen molar-refractivity contribution in [3.63, 3.8) is 0 Å². The molecule has 0 bridgehead atoms. The van der Waals surface area contributed by atoms with E-state index >= 15 is 0 Å². The van der Waals surface area contributed by atoms with Gasteiger partial charge in [-0.25, -0.2) is 0 Å². The van der Waals surface area contributed by atoms with Crippen LogP contribution in [0.1, 0.15) is 39.2 Å². The molecule has 0 heterocycles. The second kappa shape index (κ2) is 10.8. The van der Waals surface area contributed by atoms with Gasteiger partial charge in [0.2, 0.25) is 0 Å². The third kappa shape index (κ3) is 8.20. The van der Waals surface area contributed by atoms with Gasteiger partial charge in [-0.1, -0.05) is 51.1 Å². The summed E-state index contributed by atoms with van der Waals surface area (Å²) in [5, 5.41) is 7.29. The van der Waals surface area contributed by atoms with E-state index in [1.165, 1.54) is 5.56 Å². The lowest BCUT2D eigenvalue weighted by Gasteiger charge is -2.24. The molecule has 1 rings (SSSR count). The van der Waals surface area contributed by atoms with Crippen LogP contribution in [-0.2, 0) is 6.42 Å². The van der Waals surface area contributed by atoms with Gasteiger partial charge in [0, 0.05) is 25.2 Å². The highest BCUT2D eigenvalue weighted by molar-refractivity contribution is 5.16. The molecule has 21 heavy (non-hydrogen) atoms. The van der Waals surface area contributed by atoms with Crippen LogP contribution in [-0.4, -0.2) is 31.7 Å². The number of hydrogen-bond acceptors (Lipinski definition) is 3. The van der Waals surface area contributed by atoms with Crippen LogP contribution in [0.15, 0.2) is 30.3 Å². The molecule has 0 aliphatic rings. The van der Waals surface area contributed by atoms with E-state index in [0.29, 0.717) is 24.5 Å². The second-order valence-electron chi connectivity index (χ2n) is 6.31. The minimum absolute atomic E-state index is 0.423. The summed E-state index contributed by atoms with van der Waals surface area (Å²) in [5.74, 6) is 0.683. The highest BCUT2D eigenvalue weighted by atomic mass is 15.0. The normalized spacial score (nSPS) is 14.3. The predicted molar refractivity (Wildman–Crippen MR) is 92.5 cm³/mol. The van der Waals surface area contributed by atoms with Gasteiger partial charge in [-0.2, -0.15) is 0 Å². The van der Waals surface area contributed by atoms with E-state index in [9.17, 15) is 0 Å². The highest BCUT2D eigenvalue weighted by Gasteiger charge is 2.13. The Morgan fingerprint density at radius 3 is 2.33 bits per heavy atom. The molecule has 2 atom stereocenters. The molecule has 0 aromatic heterocycles. The molecule has 0 saturated carbocycles. The zero-order chi connectivity index (χ0) is 15.5. The Labute approximate surface area is 130 Å². The van der Waals surface area contributed by atoms with Crippen LogP contribution in [0.2, 0.25) is 0 Å². The van der Waals surface area contributed by atoms with E-state index in [1.54, 1.807) is 0 Å². The zero-order valence-electron chi connectivity index (χ0n) is 13.9. The molecule has 0 amide bonds. The fourth-order valence-electron chi connectivity index (χ4n) is 2.60. The topological polar surface area (TPSA) is 50.1 Å². The first-order valence-electron chi connectivity index (χ1n) is 8.36. The van der Waals surface area contributed by atoms with Crippen molar-refractivity contribution >= 4 is 0 Å². The molecule has 0 radical (unpaired) electrons. The Kier molecular flexibility index (Phi) is 9.31. The van der Waals surface area contributed by atoms with Crippen molar-refractivity contribution in [3.8, 4) is 0 Å². The Morgan fingerprint density at radius 1 is 1.05 bits per heavy atom. The number of nitrogens with one attached hydrogen (secondary N) is 2. The third-order valence-corrected chi connectivity index (χ3v) is 3.70. The van der Waals surface area contributed by atoms with E-state index in [4.69, 9.17) is 5.73 Å². The summed E-state index contributed by atoms with van der Waals surface area (Å²) in [7, 11) is 0. The molecule has 0 saturated heterocycles. The molecule has 120 valence electrons. The first-order chi connectivity index (χ1) is 10.2. The molecule has 1 aromatic carbocycles. The first-order valence-corrected chi connectivity index (χ1v) is 8.36. The Hall–Kier alpha value is -0.900. The van der Waals surface area contributed by atoms with Crippen LogP contribution in [0.3, 0.4) is 0 Å². The lowest BCUT2D eigenvalue weighted by molar-refractivity contribution is 0.386. The maximum absolute atomic E-state index is 5.88. The van der Waals surface area contributed by atoms with Crippen LogP contribution in [0.25, 0.3) is 0 Å². The summed E-state index contributed by atoms with van der Waals surface area (Å²) in [6.07, 6.45) is 3.37. The Bertz CT molecular complexity index is 351. The monoisotopic (exact) mass is 291 g/mol. The number of nitrogens with two attached hydrogens (primary N) is 1. The highest BCUT2D eigenvalue weighted by Crippen LogP contribution is 2.06. The quantitative estimate of drug-likeness (QED) is 0.587. The van der Waals surface area contributed by atoms with Crippen molar-refractivity contribution in [1.29, 1.82) is 0 Å². The second-order valence-corrected chi connectivity index (χ2v) is 6.31. The van der Waals surface area contributed by atoms with Crippen molar-refractivity contribution in [1.82, 2.24) is 10.6 Å². The minimum Gasteiger partial charge on any atom is -0.329 e. The molecule has 0 aliphatic carbocycles. The molecule has 2 unspecified atom stereocenters. The van der Waals surface area contributed by atoms with Gasteiger partial charge in [0.1, 0.15) is 0 Å². The largest absolute Gasteiger partial charge is 0.329 e. The molecular formula is C18H33N3. The van der Waals surface area contributed by atoms with Crippen molar-refractivity contribution in [2.24, 2.45) is 11.7 Å². The van der Waals surface area contributed by atoms with Gasteiger partial charge < -0.3 is 16.4 Å². The standard InChI is InChI=1S/C18H33N3/c1-4-10-20-18(12-16-8-6-5-7-9-16)14-21-17(13-19)11-15(2)3/h5-9,15,17-18,20-21H,4,10-14,19H2,1-3H3. The number of hydrogen-bond donors (Lipinski definition) is 3. The zero-order valence-corrected chi connectivity index (χ0v) is 13.9. The van der Waals surface area contributed by atoms with Crippen molar-refractivity contribution < 1.29 is 0 Å². The van der Waals surface area contributed by atoms with E-state index in [-0.39, 0.29) is 0 Å². The van der Waals surface area contributed by atoms with Gasteiger partial charge in [-0.3, -0.25) is 0 Å². The van der Waals surface area contributed by atoms with Crippen LogP contribution < -0.4 is 16.4 Å². The Balaban J connectivity index is 2.48. The van der Waals surface area contributed by atoms with E-state index < -0.39 is 0 Å². The fraction of sp³-hybridized carbons (Fsp3) is 0.667. The smallest absolute Gasteiger partial charge is 0.0232 e. The molecule has 3 nitrogen and oxygen atoms in total. The van der Waals surface area contributed by atoms with Gasteiger partial charge in [0.15, 0.2) is 0 Å². The summed E-state index contributed by atoms with van der Waals surface area (Å²) in [5.41, 5.74) is 7.27. The van der Waals surface area contributed by atoms with Crippen LogP contribution in [0.5, 0.6) is 0 Å². The van der Waals surface area contributed by atoms with Crippen LogP contribution >= 0.6 is 0 Å². The minimum atomic E-state index is 0.423. The Morgan fingerprint density at radius 2 is 1.76 bits per heavy atom. The van der Waals surface area contributed by atoms with Crippen molar-refractivity contribution in [2.75, 3.05) is 19.6 Å². The van der Waals surface area contributed by atoms with E-state index in [0.717, 1.165) is 32.4 Å². The SMILES string of the molecule is CCCNC(CNC(CN)CC(C)C)Cc1ccccc1. The predicted octanol–water partition coefficient (Wildman–Crippen LogP) is 2.56. The number of benzene rings is 1. The van der Waals surface area contributed by atoms with Crippen LogP contribution in [0, 0.1) is 5.92 Å². The van der Waals surface area contributed by atoms with Crippen molar-refractivity contribution in [3.05, 3.63) is 35.9 Å². The van der Waals surface area contributed by atoms with Crippen LogP contribution in [0.4, 0.5) is 0 Å². The maximum atomic E-state index is 5.88. The van der Waals surface area contributed by atoms with E-state index in [2.05, 4.69) is 61.7 Å². The average Bonchev–Trinajstić information content (AvgIpc) is 2.49. The van der Waals surface area contributed by atoms with Gasteiger partial charge in [-0.15, -0.1) is 0 Å². The lowest BCUT2D eigenvalue weighted by atomic mass is 10.0. The molecular weight excluding hydrogens is 258 g/mol. The summed E-state index contributed by atoms with van der Waals surface area (Å²) in [6, 6.07) is 11.6. The van der Waals surface area contributed by atoms with Gasteiger partial charge in [-0.05, 0) is 37.3 Å². The molecule has 0 fully saturated rings. The average molecular weight is 291 g/mol. The molecule has 3 heteroatoms. The van der Waals surface area contributed by atoms with Crippen molar-refractivity contribution in [2.45, 2.75) is 52.1 Å². The maximum Gasteiger partial charge on any atom is 0.0232 e. The summed E-state index contributed by atoms with van der Waals surface area (Å²) in [6.45, 7) is 9.47. The molecule has 0 spiro atoms.